The van der Waals surface area contributed by atoms with Gasteiger partial charge in [-0.15, -0.1) is 0 Å². The van der Waals surface area contributed by atoms with E-state index < -0.39 is 5.91 Å². The van der Waals surface area contributed by atoms with Gasteiger partial charge in [0.1, 0.15) is 6.61 Å². The van der Waals surface area contributed by atoms with Gasteiger partial charge in [-0.25, -0.2) is 4.98 Å². The third kappa shape index (κ3) is 5.33. The van der Waals surface area contributed by atoms with E-state index in [2.05, 4.69) is 37.2 Å². The highest BCUT2D eigenvalue weighted by Gasteiger charge is 2.26. The number of rotatable bonds is 7. The van der Waals surface area contributed by atoms with Crippen molar-refractivity contribution in [3.05, 3.63) is 47.0 Å². The fourth-order valence-electron chi connectivity index (χ4n) is 3.31. The molecule has 0 radical (unpaired) electrons. The topological polar surface area (TPSA) is 96.9 Å². The van der Waals surface area contributed by atoms with Gasteiger partial charge in [0.2, 0.25) is 11.8 Å². The van der Waals surface area contributed by atoms with Gasteiger partial charge in [-0.2, -0.15) is 4.98 Å². The fourth-order valence-corrected chi connectivity index (χ4v) is 3.97. The van der Waals surface area contributed by atoms with Crippen LogP contribution in [0.15, 0.2) is 41.3 Å². The summed E-state index contributed by atoms with van der Waals surface area (Å²) in [5, 5.41) is 1.86. The molecule has 31 heavy (non-hydrogen) atoms. The van der Waals surface area contributed by atoms with Gasteiger partial charge in [0, 0.05) is 45.0 Å². The van der Waals surface area contributed by atoms with Crippen LogP contribution < -0.4 is 19.9 Å². The lowest BCUT2D eigenvalue weighted by Crippen LogP contribution is -2.47. The number of hydrogen-bond donors (Lipinski definition) is 1. The lowest BCUT2D eigenvalue weighted by atomic mass is 10.2. The van der Waals surface area contributed by atoms with Crippen LogP contribution in [0, 0.1) is 0 Å². The Hall–Kier alpha value is -3.11. The average molecular weight is 442 g/mol. The van der Waals surface area contributed by atoms with Crippen molar-refractivity contribution in [3.63, 3.8) is 0 Å². The molecule has 4 rings (SSSR count). The first kappa shape index (κ1) is 21.1. The Balaban J connectivity index is 1.53. The number of anilines is 2. The van der Waals surface area contributed by atoms with Crippen molar-refractivity contribution < 1.29 is 19.1 Å². The normalized spacial score (nSPS) is 17.9. The zero-order valence-electron chi connectivity index (χ0n) is 17.1. The number of hydrogen-bond acceptors (Lipinski definition) is 9. The summed E-state index contributed by atoms with van der Waals surface area (Å²) >= 11 is 0.855. The number of carbonyl (C=O) groups is 2. The predicted molar refractivity (Wildman–Crippen MR) is 119 cm³/mol. The number of carbonyl (C=O) groups excluding carboxylic acids is 2. The van der Waals surface area contributed by atoms with Crippen LogP contribution in [-0.4, -0.2) is 67.6 Å². The summed E-state index contributed by atoms with van der Waals surface area (Å²) < 4.78 is 10.7. The van der Waals surface area contributed by atoms with Crippen molar-refractivity contribution >= 4 is 40.6 Å². The van der Waals surface area contributed by atoms with Gasteiger partial charge in [0.05, 0.1) is 17.2 Å². The van der Waals surface area contributed by atoms with E-state index in [9.17, 15) is 9.59 Å². The number of aromatic nitrogens is 2. The minimum atomic E-state index is -0.423. The molecule has 2 aromatic rings. The summed E-state index contributed by atoms with van der Waals surface area (Å²) in [4.78, 5) is 37.3. The molecule has 1 N–H and O–H groups in total. The molecule has 2 aliphatic rings. The van der Waals surface area contributed by atoms with Gasteiger partial charge in [0.25, 0.3) is 11.1 Å². The molecule has 0 atom stereocenters. The molecule has 0 unspecified atom stereocenters. The Morgan fingerprint density at radius 3 is 2.48 bits per heavy atom. The van der Waals surface area contributed by atoms with Crippen molar-refractivity contribution in [2.24, 2.45) is 0 Å². The molecule has 162 valence electrons. The number of methoxy groups -OCH3 is 1. The molecule has 9 nitrogen and oxygen atoms in total. The molecule has 10 heteroatoms. The summed E-state index contributed by atoms with van der Waals surface area (Å²) in [5.41, 5.74) is 1.70. The Kier molecular flexibility index (Phi) is 6.68. The van der Waals surface area contributed by atoms with E-state index in [0.29, 0.717) is 35.6 Å². The van der Waals surface area contributed by atoms with Gasteiger partial charge in [-0.3, -0.25) is 14.9 Å². The molecule has 0 aliphatic carbocycles. The number of nitrogens with zero attached hydrogens (tertiary/aromatic N) is 4. The van der Waals surface area contributed by atoms with E-state index in [4.69, 9.17) is 9.47 Å². The van der Waals surface area contributed by atoms with E-state index >= 15 is 0 Å². The van der Waals surface area contributed by atoms with Crippen LogP contribution >= 0.6 is 11.8 Å². The van der Waals surface area contributed by atoms with E-state index in [1.165, 1.54) is 5.69 Å². The van der Waals surface area contributed by atoms with Crippen molar-refractivity contribution in [2.45, 2.75) is 0 Å². The van der Waals surface area contributed by atoms with E-state index in [0.717, 1.165) is 37.9 Å². The maximum atomic E-state index is 11.9. The number of imide groups is 1. The lowest BCUT2D eigenvalue weighted by Gasteiger charge is -2.36. The number of ether oxygens (including phenoxy) is 2. The highest BCUT2D eigenvalue weighted by atomic mass is 32.2. The van der Waals surface area contributed by atoms with Gasteiger partial charge in [-0.05, 0) is 30.0 Å². The van der Waals surface area contributed by atoms with Crippen molar-refractivity contribution in [3.8, 4) is 5.88 Å². The Bertz CT molecular complexity index is 977. The van der Waals surface area contributed by atoms with E-state index in [1.807, 2.05) is 18.2 Å². The van der Waals surface area contributed by atoms with Crippen LogP contribution in [0.5, 0.6) is 5.88 Å². The van der Waals surface area contributed by atoms with Crippen molar-refractivity contribution in [1.82, 2.24) is 15.3 Å². The highest BCUT2D eigenvalue weighted by Crippen LogP contribution is 2.27. The summed E-state index contributed by atoms with van der Waals surface area (Å²) in [6, 6.07) is 11.9. The van der Waals surface area contributed by atoms with Crippen LogP contribution in [0.3, 0.4) is 0 Å². The Morgan fingerprint density at radius 1 is 1.06 bits per heavy atom. The first-order valence-corrected chi connectivity index (χ1v) is 10.7. The van der Waals surface area contributed by atoms with E-state index in [1.54, 1.807) is 19.3 Å². The molecular weight excluding hydrogens is 418 g/mol. The zero-order chi connectivity index (χ0) is 21.6. The zero-order valence-corrected chi connectivity index (χ0v) is 17.9. The quantitative estimate of drug-likeness (QED) is 0.512. The highest BCUT2D eigenvalue weighted by molar-refractivity contribution is 8.18. The van der Waals surface area contributed by atoms with Crippen LogP contribution in [0.2, 0.25) is 0 Å². The number of benzene rings is 1. The summed E-state index contributed by atoms with van der Waals surface area (Å²) in [6.45, 7) is 3.95. The number of amides is 2. The molecule has 0 bridgehead atoms. The number of piperazine rings is 1. The lowest BCUT2D eigenvalue weighted by molar-refractivity contribution is -0.115. The second-order valence-corrected chi connectivity index (χ2v) is 7.95. The molecule has 1 aromatic carbocycles. The second-order valence-electron chi connectivity index (χ2n) is 6.93. The second kappa shape index (κ2) is 9.80. The number of thioether (sulfide) groups is 1. The molecule has 1 aromatic heterocycles. The third-order valence-electron chi connectivity index (χ3n) is 4.85. The maximum Gasteiger partial charge on any atom is 0.290 e. The van der Waals surface area contributed by atoms with Gasteiger partial charge in [0.15, 0.2) is 0 Å². The Labute approximate surface area is 184 Å². The smallest absolute Gasteiger partial charge is 0.290 e. The molecule has 2 fully saturated rings. The summed E-state index contributed by atoms with van der Waals surface area (Å²) in [6.07, 6.45) is 1.58. The first-order chi connectivity index (χ1) is 15.1. The van der Waals surface area contributed by atoms with Crippen molar-refractivity contribution in [1.29, 1.82) is 0 Å². The van der Waals surface area contributed by atoms with Crippen LogP contribution in [0.25, 0.3) is 6.08 Å². The number of nitrogens with one attached hydrogen (secondary N) is 1. The maximum absolute atomic E-state index is 11.9. The number of para-hydroxylation sites is 1. The minimum absolute atomic E-state index is 0.298. The predicted octanol–water partition coefficient (Wildman–Crippen LogP) is 2.15. The summed E-state index contributed by atoms with van der Waals surface area (Å²) in [5.74, 6) is 0.506. The van der Waals surface area contributed by atoms with Gasteiger partial charge in [-0.1, -0.05) is 18.2 Å². The van der Waals surface area contributed by atoms with Gasteiger partial charge >= 0.3 is 0 Å². The SMILES string of the molecule is COCCOc1cc(C=C2SC(=O)NC2=O)nc(N2CCN(c3ccccc3)CC2)n1. The van der Waals surface area contributed by atoms with E-state index in [-0.39, 0.29) is 5.24 Å². The molecule has 2 saturated heterocycles. The molecular formula is C21H23N5O4S. The van der Waals surface area contributed by atoms with Gasteiger partial charge < -0.3 is 19.3 Å². The molecule has 2 aliphatic heterocycles. The first-order valence-electron chi connectivity index (χ1n) is 9.93. The van der Waals surface area contributed by atoms with Crippen molar-refractivity contribution in [2.75, 3.05) is 56.3 Å². The third-order valence-corrected chi connectivity index (χ3v) is 5.66. The standard InChI is InChI=1S/C21H23N5O4S/c1-29-11-12-30-18-14-15(13-17-19(27)24-21(28)31-17)22-20(23-18)26-9-7-25(8-10-26)16-5-3-2-4-6-16/h2-6,13-14H,7-12H2,1H3,(H,24,27,28). The minimum Gasteiger partial charge on any atom is -0.475 e. The molecule has 3 heterocycles. The Morgan fingerprint density at radius 2 is 1.81 bits per heavy atom. The average Bonchev–Trinajstić information content (AvgIpc) is 3.11. The molecule has 0 spiro atoms. The largest absolute Gasteiger partial charge is 0.475 e. The van der Waals surface area contributed by atoms with Crippen LogP contribution in [0.4, 0.5) is 16.4 Å². The summed E-state index contributed by atoms with van der Waals surface area (Å²) in [7, 11) is 1.60. The molecule has 0 saturated carbocycles. The monoisotopic (exact) mass is 441 g/mol. The van der Waals surface area contributed by atoms with Crippen LogP contribution in [-0.2, 0) is 9.53 Å². The van der Waals surface area contributed by atoms with Crippen LogP contribution in [0.1, 0.15) is 5.69 Å². The fraction of sp³-hybridized carbons (Fsp3) is 0.333. The molecule has 2 amide bonds.